The van der Waals surface area contributed by atoms with Gasteiger partial charge in [-0.15, -0.1) is 11.3 Å². The Hall–Kier alpha value is -0.330. The summed E-state index contributed by atoms with van der Waals surface area (Å²) in [5.41, 5.74) is 2.20. The minimum atomic E-state index is 0.106. The van der Waals surface area contributed by atoms with Crippen molar-refractivity contribution in [3.8, 4) is 0 Å². The number of halogens is 2. The van der Waals surface area contributed by atoms with Crippen LogP contribution in [0.3, 0.4) is 0 Å². The van der Waals surface area contributed by atoms with Crippen LogP contribution in [-0.2, 0) is 12.0 Å². The van der Waals surface area contributed by atoms with E-state index in [2.05, 4.69) is 59.0 Å². The largest absolute Gasteiger partial charge is 0.377 e. The topological polar surface area (TPSA) is 24.9 Å². The molecule has 0 aliphatic rings. The van der Waals surface area contributed by atoms with E-state index in [0.29, 0.717) is 6.54 Å². The summed E-state index contributed by atoms with van der Waals surface area (Å²) < 4.78 is 1.14. The number of anilines is 1. The second-order valence-electron chi connectivity index (χ2n) is 5.35. The Balaban J connectivity index is 2.04. The lowest BCUT2D eigenvalue weighted by Crippen LogP contribution is -2.11. The fraction of sp³-hybridized carbons (Fsp3) is 0.357. The van der Waals surface area contributed by atoms with E-state index in [1.807, 2.05) is 18.2 Å². The monoisotopic (exact) mass is 406 g/mol. The van der Waals surface area contributed by atoms with Gasteiger partial charge in [-0.1, -0.05) is 32.4 Å². The molecule has 1 aromatic carbocycles. The highest BCUT2D eigenvalue weighted by atomic mass is 127. The van der Waals surface area contributed by atoms with E-state index in [9.17, 15) is 0 Å². The molecule has 0 aliphatic heterocycles. The Morgan fingerprint density at radius 2 is 2.11 bits per heavy atom. The Bertz CT molecular complexity index is 575. The van der Waals surface area contributed by atoms with Gasteiger partial charge >= 0.3 is 0 Å². The molecule has 2 nitrogen and oxygen atoms in total. The molecule has 0 bridgehead atoms. The fourth-order valence-corrected chi connectivity index (χ4v) is 3.42. The molecule has 19 heavy (non-hydrogen) atoms. The zero-order chi connectivity index (χ0) is 14.0. The van der Waals surface area contributed by atoms with Crippen LogP contribution in [0.2, 0.25) is 5.02 Å². The summed E-state index contributed by atoms with van der Waals surface area (Å²) in [7, 11) is 0. The van der Waals surface area contributed by atoms with Gasteiger partial charge in [-0.25, -0.2) is 4.98 Å². The quantitative estimate of drug-likeness (QED) is 0.699. The van der Waals surface area contributed by atoms with Gasteiger partial charge in [0.05, 0.1) is 22.9 Å². The Labute approximate surface area is 136 Å². The lowest BCUT2D eigenvalue weighted by Gasteiger charge is -2.14. The molecule has 0 saturated heterocycles. The molecular weight excluding hydrogens is 391 g/mol. The van der Waals surface area contributed by atoms with Crippen molar-refractivity contribution >= 4 is 51.2 Å². The first kappa shape index (κ1) is 15.1. The minimum Gasteiger partial charge on any atom is -0.377 e. The molecule has 0 amide bonds. The standard InChI is InChI=1S/C14H16ClIN2S/c1-14(2,3)12-8-19-13(18-12)7-17-11-5-4-9(16)6-10(11)15/h4-6,8,17H,7H2,1-3H3. The SMILES string of the molecule is CC(C)(C)c1csc(CNc2ccc(I)cc2Cl)n1. The summed E-state index contributed by atoms with van der Waals surface area (Å²) in [5, 5.41) is 7.30. The average Bonchev–Trinajstić information content (AvgIpc) is 2.76. The molecule has 1 N–H and O–H groups in total. The number of thiazole rings is 1. The van der Waals surface area contributed by atoms with Crippen molar-refractivity contribution in [3.63, 3.8) is 0 Å². The molecule has 0 radical (unpaired) electrons. The van der Waals surface area contributed by atoms with Crippen LogP contribution in [0.1, 0.15) is 31.5 Å². The average molecular weight is 407 g/mol. The molecule has 0 saturated carbocycles. The predicted octanol–water partition coefficient (Wildman–Crippen LogP) is 5.31. The van der Waals surface area contributed by atoms with E-state index in [1.165, 1.54) is 0 Å². The van der Waals surface area contributed by atoms with Gasteiger partial charge in [0.1, 0.15) is 5.01 Å². The molecule has 0 aliphatic carbocycles. The number of nitrogens with zero attached hydrogens (tertiary/aromatic N) is 1. The summed E-state index contributed by atoms with van der Waals surface area (Å²) in [5.74, 6) is 0. The third kappa shape index (κ3) is 4.07. The van der Waals surface area contributed by atoms with Crippen LogP contribution in [0.15, 0.2) is 23.6 Å². The van der Waals surface area contributed by atoms with Gasteiger partial charge in [0, 0.05) is 14.4 Å². The van der Waals surface area contributed by atoms with Crippen molar-refractivity contribution in [2.45, 2.75) is 32.7 Å². The molecule has 5 heteroatoms. The van der Waals surface area contributed by atoms with Crippen LogP contribution in [0, 0.1) is 3.57 Å². The number of hydrogen-bond donors (Lipinski definition) is 1. The lowest BCUT2D eigenvalue weighted by molar-refractivity contribution is 0.571. The number of rotatable bonds is 3. The number of nitrogens with one attached hydrogen (secondary N) is 1. The van der Waals surface area contributed by atoms with Gasteiger partial charge in [-0.2, -0.15) is 0 Å². The zero-order valence-corrected chi connectivity index (χ0v) is 14.9. The highest BCUT2D eigenvalue weighted by molar-refractivity contribution is 14.1. The normalized spacial score (nSPS) is 11.6. The van der Waals surface area contributed by atoms with Gasteiger partial charge in [0.25, 0.3) is 0 Å². The fourth-order valence-electron chi connectivity index (χ4n) is 1.54. The number of aromatic nitrogens is 1. The predicted molar refractivity (Wildman–Crippen MR) is 92.3 cm³/mol. The number of hydrogen-bond acceptors (Lipinski definition) is 3. The summed E-state index contributed by atoms with van der Waals surface area (Å²) in [4.78, 5) is 4.66. The molecule has 102 valence electrons. The molecule has 1 aromatic heterocycles. The van der Waals surface area contributed by atoms with Crippen LogP contribution in [0.4, 0.5) is 5.69 Å². The minimum absolute atomic E-state index is 0.106. The van der Waals surface area contributed by atoms with Crippen molar-refractivity contribution in [1.29, 1.82) is 0 Å². The van der Waals surface area contributed by atoms with Crippen LogP contribution in [-0.4, -0.2) is 4.98 Å². The highest BCUT2D eigenvalue weighted by Gasteiger charge is 2.17. The van der Waals surface area contributed by atoms with E-state index < -0.39 is 0 Å². The second kappa shape index (κ2) is 5.97. The summed E-state index contributed by atoms with van der Waals surface area (Å²) in [6.45, 7) is 7.24. The molecule has 0 fully saturated rings. The molecule has 0 atom stereocenters. The smallest absolute Gasteiger partial charge is 0.112 e. The van der Waals surface area contributed by atoms with Crippen LogP contribution in [0.5, 0.6) is 0 Å². The Morgan fingerprint density at radius 1 is 1.37 bits per heavy atom. The van der Waals surface area contributed by atoms with E-state index in [0.717, 1.165) is 25.0 Å². The third-order valence-corrected chi connectivity index (χ3v) is 4.51. The van der Waals surface area contributed by atoms with Crippen LogP contribution in [0.25, 0.3) is 0 Å². The number of benzene rings is 1. The van der Waals surface area contributed by atoms with E-state index >= 15 is 0 Å². The second-order valence-corrected chi connectivity index (χ2v) is 7.95. The molecule has 2 aromatic rings. The summed E-state index contributed by atoms with van der Waals surface area (Å²) in [6.07, 6.45) is 0. The first-order chi connectivity index (χ1) is 8.86. The van der Waals surface area contributed by atoms with Crippen LogP contribution < -0.4 is 5.32 Å². The molecule has 2 rings (SSSR count). The van der Waals surface area contributed by atoms with Crippen LogP contribution >= 0.6 is 45.5 Å². The summed E-state index contributed by atoms with van der Waals surface area (Å²) in [6, 6.07) is 5.99. The maximum Gasteiger partial charge on any atom is 0.112 e. The van der Waals surface area contributed by atoms with E-state index in [4.69, 9.17) is 11.6 Å². The van der Waals surface area contributed by atoms with Gasteiger partial charge < -0.3 is 5.32 Å². The highest BCUT2D eigenvalue weighted by Crippen LogP contribution is 2.26. The zero-order valence-electron chi connectivity index (χ0n) is 11.1. The van der Waals surface area contributed by atoms with Gasteiger partial charge in [0.2, 0.25) is 0 Å². The summed E-state index contributed by atoms with van der Waals surface area (Å²) >= 11 is 10.1. The van der Waals surface area contributed by atoms with Gasteiger partial charge in [-0.05, 0) is 40.8 Å². The van der Waals surface area contributed by atoms with Crippen molar-refractivity contribution in [2.24, 2.45) is 0 Å². The first-order valence-corrected chi connectivity index (χ1v) is 8.34. The first-order valence-electron chi connectivity index (χ1n) is 6.00. The van der Waals surface area contributed by atoms with Crippen molar-refractivity contribution < 1.29 is 0 Å². The third-order valence-electron chi connectivity index (χ3n) is 2.68. The maximum absolute atomic E-state index is 6.19. The maximum atomic E-state index is 6.19. The molecule has 0 unspecified atom stereocenters. The lowest BCUT2D eigenvalue weighted by atomic mass is 9.93. The van der Waals surface area contributed by atoms with E-state index in [1.54, 1.807) is 11.3 Å². The van der Waals surface area contributed by atoms with Crippen molar-refractivity contribution in [2.75, 3.05) is 5.32 Å². The molecule has 0 spiro atoms. The van der Waals surface area contributed by atoms with E-state index in [-0.39, 0.29) is 5.41 Å². The van der Waals surface area contributed by atoms with Gasteiger partial charge in [0.15, 0.2) is 0 Å². The Kier molecular flexibility index (Phi) is 4.74. The van der Waals surface area contributed by atoms with Crippen molar-refractivity contribution in [3.05, 3.63) is 42.9 Å². The molecular formula is C14H16ClIN2S. The molecule has 1 heterocycles. The van der Waals surface area contributed by atoms with Gasteiger partial charge in [-0.3, -0.25) is 0 Å². The Morgan fingerprint density at radius 3 is 2.68 bits per heavy atom. The van der Waals surface area contributed by atoms with Crippen molar-refractivity contribution in [1.82, 2.24) is 4.98 Å².